The van der Waals surface area contributed by atoms with Gasteiger partial charge < -0.3 is 19.4 Å². The highest BCUT2D eigenvalue weighted by atomic mass is 19.1. The summed E-state index contributed by atoms with van der Waals surface area (Å²) in [6, 6.07) is 11.8. The number of oxazole rings is 1. The first-order valence-electron chi connectivity index (χ1n) is 11.9. The first-order valence-corrected chi connectivity index (χ1v) is 11.9. The van der Waals surface area contributed by atoms with Gasteiger partial charge in [0.1, 0.15) is 17.8 Å². The van der Waals surface area contributed by atoms with Gasteiger partial charge in [-0.3, -0.25) is 9.59 Å². The van der Waals surface area contributed by atoms with Gasteiger partial charge in [-0.05, 0) is 60.2 Å². The van der Waals surface area contributed by atoms with Gasteiger partial charge in [-0.1, -0.05) is 32.0 Å². The quantitative estimate of drug-likeness (QED) is 0.508. The smallest absolute Gasteiger partial charge is 0.273 e. The summed E-state index contributed by atoms with van der Waals surface area (Å²) in [6.07, 6.45) is 2.48. The van der Waals surface area contributed by atoms with Crippen LogP contribution in [0.15, 0.2) is 53.1 Å². The summed E-state index contributed by atoms with van der Waals surface area (Å²) in [7, 11) is 0. The van der Waals surface area contributed by atoms with Gasteiger partial charge in [0, 0.05) is 19.5 Å². The second-order valence-corrected chi connectivity index (χ2v) is 9.02. The fourth-order valence-electron chi connectivity index (χ4n) is 4.30. The number of aromatic nitrogens is 1. The summed E-state index contributed by atoms with van der Waals surface area (Å²) in [5.41, 5.74) is 3.12. The Bertz CT molecular complexity index is 1190. The van der Waals surface area contributed by atoms with E-state index < -0.39 is 0 Å². The van der Waals surface area contributed by atoms with E-state index >= 15 is 0 Å². The molecule has 2 amide bonds. The molecule has 1 aromatic heterocycles. The largest absolute Gasteiger partial charge is 0.484 e. The Labute approximate surface area is 204 Å². The molecular weight excluding hydrogens is 449 g/mol. The van der Waals surface area contributed by atoms with Gasteiger partial charge in [-0.15, -0.1) is 0 Å². The lowest BCUT2D eigenvalue weighted by Gasteiger charge is -2.38. The molecule has 35 heavy (non-hydrogen) atoms. The zero-order valence-electron chi connectivity index (χ0n) is 20.2. The lowest BCUT2D eigenvalue weighted by atomic mass is 9.87. The van der Waals surface area contributed by atoms with Crippen molar-refractivity contribution >= 4 is 11.8 Å². The second kappa shape index (κ2) is 10.7. The maximum atomic E-state index is 13.7. The van der Waals surface area contributed by atoms with Gasteiger partial charge in [-0.25, -0.2) is 9.37 Å². The van der Waals surface area contributed by atoms with E-state index in [1.165, 1.54) is 18.4 Å². The summed E-state index contributed by atoms with van der Waals surface area (Å²) >= 11 is 0. The van der Waals surface area contributed by atoms with E-state index in [4.69, 9.17) is 9.15 Å². The van der Waals surface area contributed by atoms with E-state index in [1.54, 1.807) is 12.1 Å². The van der Waals surface area contributed by atoms with Crippen LogP contribution in [0, 0.1) is 11.7 Å². The summed E-state index contributed by atoms with van der Waals surface area (Å²) in [5.74, 6) is 0.561. The van der Waals surface area contributed by atoms with Crippen LogP contribution in [0.25, 0.3) is 0 Å². The molecule has 7 nitrogen and oxygen atoms in total. The molecule has 1 N–H and O–H groups in total. The molecule has 0 saturated carbocycles. The number of ether oxygens (including phenoxy) is 1. The van der Waals surface area contributed by atoms with Crippen molar-refractivity contribution in [1.29, 1.82) is 0 Å². The predicted octanol–water partition coefficient (Wildman–Crippen LogP) is 4.66. The van der Waals surface area contributed by atoms with Crippen LogP contribution < -0.4 is 10.1 Å². The van der Waals surface area contributed by atoms with Gasteiger partial charge >= 0.3 is 0 Å². The van der Waals surface area contributed by atoms with E-state index in [1.807, 2.05) is 43.9 Å². The molecule has 0 aliphatic carbocycles. The van der Waals surface area contributed by atoms with Gasteiger partial charge in [0.15, 0.2) is 12.3 Å². The molecule has 8 heteroatoms. The summed E-state index contributed by atoms with van der Waals surface area (Å²) in [6.45, 7) is 7.02. The van der Waals surface area contributed by atoms with Crippen LogP contribution in [0.3, 0.4) is 0 Å². The van der Waals surface area contributed by atoms with Crippen molar-refractivity contribution in [2.75, 3.05) is 13.1 Å². The summed E-state index contributed by atoms with van der Waals surface area (Å²) in [4.78, 5) is 31.1. The molecule has 0 radical (unpaired) electrons. The number of nitrogens with one attached hydrogen (secondary N) is 1. The maximum Gasteiger partial charge on any atom is 0.273 e. The van der Waals surface area contributed by atoms with E-state index in [2.05, 4.69) is 10.3 Å². The Morgan fingerprint density at radius 2 is 2.00 bits per heavy atom. The highest BCUT2D eigenvalue weighted by Crippen LogP contribution is 2.38. The topological polar surface area (TPSA) is 84.7 Å². The molecule has 2 heterocycles. The van der Waals surface area contributed by atoms with Crippen LogP contribution in [0.5, 0.6) is 5.75 Å². The molecule has 0 fully saturated rings. The summed E-state index contributed by atoms with van der Waals surface area (Å²) < 4.78 is 24.9. The molecule has 184 valence electrons. The minimum Gasteiger partial charge on any atom is -0.484 e. The van der Waals surface area contributed by atoms with Crippen LogP contribution in [-0.2, 0) is 17.8 Å². The van der Waals surface area contributed by atoms with Gasteiger partial charge in [0.2, 0.25) is 11.8 Å². The molecule has 4 rings (SSSR count). The Balaban J connectivity index is 1.59. The zero-order chi connectivity index (χ0) is 24.9. The van der Waals surface area contributed by atoms with Crippen molar-refractivity contribution in [2.24, 2.45) is 5.92 Å². The van der Waals surface area contributed by atoms with Gasteiger partial charge in [-0.2, -0.15) is 0 Å². The molecule has 0 spiro atoms. The first-order chi connectivity index (χ1) is 16.9. The van der Waals surface area contributed by atoms with Gasteiger partial charge in [0.05, 0.1) is 6.04 Å². The van der Waals surface area contributed by atoms with Crippen molar-refractivity contribution in [3.63, 3.8) is 0 Å². The lowest BCUT2D eigenvalue weighted by Crippen LogP contribution is -2.41. The summed E-state index contributed by atoms with van der Waals surface area (Å²) in [5, 5.41) is 2.67. The average molecular weight is 480 g/mol. The molecular formula is C27H30FN3O4. The van der Waals surface area contributed by atoms with E-state index in [0.29, 0.717) is 25.3 Å². The molecule has 0 saturated heterocycles. The molecule has 1 aliphatic heterocycles. The average Bonchev–Trinajstić information content (AvgIpc) is 3.31. The van der Waals surface area contributed by atoms with Crippen LogP contribution in [0.4, 0.5) is 4.39 Å². The second-order valence-electron chi connectivity index (χ2n) is 9.02. The van der Waals surface area contributed by atoms with E-state index in [-0.39, 0.29) is 47.8 Å². The van der Waals surface area contributed by atoms with Crippen molar-refractivity contribution in [3.05, 3.63) is 82.8 Å². The van der Waals surface area contributed by atoms with Crippen LogP contribution in [0.1, 0.15) is 66.3 Å². The SMILES string of the molecule is CCNC(=O)c1coc(COc2ccc3c(c2)C(c2ccc(F)cc2)N(C(=O)CC(C)C)CC3)n1. The number of hydrogen-bond acceptors (Lipinski definition) is 5. The predicted molar refractivity (Wildman–Crippen MR) is 128 cm³/mol. The molecule has 1 atom stereocenters. The molecule has 0 bridgehead atoms. The number of nitrogens with zero attached hydrogens (tertiary/aromatic N) is 2. The zero-order valence-corrected chi connectivity index (χ0v) is 20.2. The number of halogens is 1. The highest BCUT2D eigenvalue weighted by Gasteiger charge is 2.32. The number of amides is 2. The van der Waals surface area contributed by atoms with Crippen LogP contribution >= 0.6 is 0 Å². The Morgan fingerprint density at radius 3 is 2.71 bits per heavy atom. The maximum absolute atomic E-state index is 13.7. The fraction of sp³-hybridized carbons (Fsp3) is 0.370. The number of carbonyl (C=O) groups excluding carboxylic acids is 2. The highest BCUT2D eigenvalue weighted by molar-refractivity contribution is 5.91. The first kappa shape index (κ1) is 24.4. The molecule has 1 aliphatic rings. The Kier molecular flexibility index (Phi) is 7.48. The molecule has 3 aromatic rings. The third-order valence-corrected chi connectivity index (χ3v) is 5.92. The van der Waals surface area contributed by atoms with Gasteiger partial charge in [0.25, 0.3) is 5.91 Å². The third-order valence-electron chi connectivity index (χ3n) is 5.92. The third kappa shape index (κ3) is 5.70. The van der Waals surface area contributed by atoms with Crippen molar-refractivity contribution in [3.8, 4) is 5.75 Å². The Hall–Kier alpha value is -3.68. The van der Waals surface area contributed by atoms with Crippen LogP contribution in [-0.4, -0.2) is 34.8 Å². The number of benzene rings is 2. The Morgan fingerprint density at radius 1 is 1.23 bits per heavy atom. The fourth-order valence-corrected chi connectivity index (χ4v) is 4.30. The van der Waals surface area contributed by atoms with Crippen molar-refractivity contribution < 1.29 is 23.1 Å². The lowest BCUT2D eigenvalue weighted by molar-refractivity contribution is -0.134. The van der Waals surface area contributed by atoms with E-state index in [9.17, 15) is 14.0 Å². The normalized spacial score (nSPS) is 15.1. The monoisotopic (exact) mass is 479 g/mol. The minimum atomic E-state index is -0.333. The van der Waals surface area contributed by atoms with E-state index in [0.717, 1.165) is 23.1 Å². The number of carbonyl (C=O) groups is 2. The molecule has 2 aromatic carbocycles. The van der Waals surface area contributed by atoms with Crippen molar-refractivity contribution in [1.82, 2.24) is 15.2 Å². The number of fused-ring (bicyclic) bond motifs is 1. The number of rotatable bonds is 8. The molecule has 1 unspecified atom stereocenters. The standard InChI is InChI=1S/C27H30FN3O4/c1-4-29-27(33)23-15-35-24(30-23)16-34-21-10-7-18-11-12-31(25(32)13-17(2)3)26(22(18)14-21)19-5-8-20(28)9-6-19/h5-10,14-15,17,26H,4,11-13,16H2,1-3H3,(H,29,33). The minimum absolute atomic E-state index is 0.0510. The number of hydrogen-bond donors (Lipinski definition) is 1. The van der Waals surface area contributed by atoms with Crippen molar-refractivity contribution in [2.45, 2.75) is 46.3 Å². The van der Waals surface area contributed by atoms with Crippen LogP contribution in [0.2, 0.25) is 0 Å².